The third-order valence-electron chi connectivity index (χ3n) is 4.55. The van der Waals surface area contributed by atoms with Gasteiger partial charge >= 0.3 is 0 Å². The van der Waals surface area contributed by atoms with E-state index in [0.29, 0.717) is 50.3 Å². The molecule has 0 N–H and O–H groups in total. The third kappa shape index (κ3) is 2.51. The molecule has 0 amide bonds. The Kier molecular flexibility index (Phi) is 3.80. The van der Waals surface area contributed by atoms with Crippen LogP contribution in [0.2, 0.25) is 0 Å². The molecule has 0 bridgehead atoms. The van der Waals surface area contributed by atoms with Gasteiger partial charge in [-0.1, -0.05) is 0 Å². The smallest absolute Gasteiger partial charge is 0.288 e. The average Bonchev–Trinajstić information content (AvgIpc) is 3.22. The number of rotatable bonds is 4. The Morgan fingerprint density at radius 3 is 2.11 bits per heavy atom. The van der Waals surface area contributed by atoms with Gasteiger partial charge in [0.05, 0.1) is 35.5 Å². The molecule has 2 heterocycles. The Bertz CT molecular complexity index is 1200. The summed E-state index contributed by atoms with van der Waals surface area (Å²) in [6.45, 7) is 3.60. The number of nitrogens with zero attached hydrogens (tertiary/aromatic N) is 1. The molecule has 0 fully saturated rings. The molecule has 4 rings (SSSR count). The summed E-state index contributed by atoms with van der Waals surface area (Å²) in [6, 6.07) is 8.66. The van der Waals surface area contributed by atoms with Crippen molar-refractivity contribution in [1.82, 2.24) is 0 Å². The Balaban J connectivity index is 2.28. The first-order chi connectivity index (χ1) is 12.9. The van der Waals surface area contributed by atoms with Crippen LogP contribution in [0.5, 0.6) is 11.5 Å². The van der Waals surface area contributed by atoms with Crippen LogP contribution in [0.4, 0.5) is 5.69 Å². The molecule has 0 aliphatic rings. The molecule has 2 aromatic carbocycles. The summed E-state index contributed by atoms with van der Waals surface area (Å²) in [7, 11) is 3.01. The lowest BCUT2D eigenvalue weighted by molar-refractivity contribution is -0.381. The lowest BCUT2D eigenvalue weighted by atomic mass is 9.97. The number of methoxy groups -OCH3 is 2. The van der Waals surface area contributed by atoms with E-state index in [1.54, 1.807) is 25.1 Å². The molecule has 0 saturated carbocycles. The van der Waals surface area contributed by atoms with Crippen LogP contribution in [0, 0.1) is 24.0 Å². The second-order valence-electron chi connectivity index (χ2n) is 6.24. The van der Waals surface area contributed by atoms with E-state index >= 15 is 0 Å². The fourth-order valence-corrected chi connectivity index (χ4v) is 3.44. The van der Waals surface area contributed by atoms with Crippen molar-refractivity contribution in [3.63, 3.8) is 0 Å². The van der Waals surface area contributed by atoms with Crippen LogP contribution in [0.25, 0.3) is 33.1 Å². The Morgan fingerprint density at radius 2 is 1.56 bits per heavy atom. The molecular weight excluding hydrogens is 350 g/mol. The van der Waals surface area contributed by atoms with E-state index < -0.39 is 4.92 Å². The highest BCUT2D eigenvalue weighted by Gasteiger charge is 2.28. The van der Waals surface area contributed by atoms with Crippen molar-refractivity contribution >= 4 is 27.4 Å². The van der Waals surface area contributed by atoms with E-state index in [4.69, 9.17) is 18.3 Å². The second-order valence-corrected chi connectivity index (χ2v) is 6.24. The molecule has 0 unspecified atom stereocenters. The number of hydrogen-bond acceptors (Lipinski definition) is 6. The van der Waals surface area contributed by atoms with E-state index in [1.165, 1.54) is 14.2 Å². The minimum absolute atomic E-state index is 0.0372. The summed E-state index contributed by atoms with van der Waals surface area (Å²) in [4.78, 5) is 11.5. The number of nitro benzene ring substituents is 1. The Morgan fingerprint density at radius 1 is 0.889 bits per heavy atom. The first-order valence-corrected chi connectivity index (χ1v) is 8.27. The zero-order valence-electron chi connectivity index (χ0n) is 15.3. The highest BCUT2D eigenvalue weighted by molar-refractivity contribution is 6.17. The fraction of sp³-hybridized carbons (Fsp3) is 0.200. The van der Waals surface area contributed by atoms with E-state index in [1.807, 2.05) is 19.1 Å². The SMILES string of the molecule is COc1cc2c([N+](=O)[O-])c3cc(C)oc3c(-c3ccc(C)o3)c2cc1OC. The van der Waals surface area contributed by atoms with Crippen LogP contribution in [0.3, 0.4) is 0 Å². The number of non-ortho nitro benzene ring substituents is 1. The molecule has 27 heavy (non-hydrogen) atoms. The Hall–Kier alpha value is -3.48. The molecule has 2 aromatic heterocycles. The number of benzene rings is 2. The molecule has 0 aliphatic carbocycles. The molecule has 0 saturated heterocycles. The standard InChI is InChI=1S/C20H17NO6/c1-10-5-6-15(26-10)18-12-8-16(24-3)17(25-4)9-13(12)19(21(22)23)14-7-11(2)27-20(14)18/h5-9H,1-4H3. The maximum atomic E-state index is 11.9. The highest BCUT2D eigenvalue weighted by Crippen LogP contribution is 2.47. The number of ether oxygens (including phenoxy) is 2. The van der Waals surface area contributed by atoms with Gasteiger partial charge in [-0.05, 0) is 44.2 Å². The molecule has 0 radical (unpaired) electrons. The molecule has 0 aliphatic heterocycles. The summed E-state index contributed by atoms with van der Waals surface area (Å²) in [5.74, 6) is 2.75. The van der Waals surface area contributed by atoms with Crippen molar-refractivity contribution in [1.29, 1.82) is 0 Å². The van der Waals surface area contributed by atoms with Gasteiger partial charge < -0.3 is 18.3 Å². The minimum Gasteiger partial charge on any atom is -0.493 e. The lowest BCUT2D eigenvalue weighted by Crippen LogP contribution is -1.96. The van der Waals surface area contributed by atoms with Crippen LogP contribution in [0.15, 0.2) is 39.2 Å². The van der Waals surface area contributed by atoms with Crippen molar-refractivity contribution in [2.24, 2.45) is 0 Å². The van der Waals surface area contributed by atoms with Gasteiger partial charge in [-0.2, -0.15) is 0 Å². The van der Waals surface area contributed by atoms with E-state index in [0.717, 1.165) is 5.76 Å². The number of nitro groups is 1. The largest absolute Gasteiger partial charge is 0.493 e. The third-order valence-corrected chi connectivity index (χ3v) is 4.55. The molecule has 138 valence electrons. The number of aryl methyl sites for hydroxylation is 2. The van der Waals surface area contributed by atoms with E-state index in [9.17, 15) is 10.1 Å². The van der Waals surface area contributed by atoms with E-state index in [2.05, 4.69) is 0 Å². The summed E-state index contributed by atoms with van der Waals surface area (Å²) >= 11 is 0. The van der Waals surface area contributed by atoms with Gasteiger partial charge in [0.15, 0.2) is 17.1 Å². The summed E-state index contributed by atoms with van der Waals surface area (Å²) in [6.07, 6.45) is 0. The monoisotopic (exact) mass is 367 g/mol. The van der Waals surface area contributed by atoms with Crippen molar-refractivity contribution in [2.75, 3.05) is 14.2 Å². The number of fused-ring (bicyclic) bond motifs is 2. The number of furan rings is 2. The average molecular weight is 367 g/mol. The maximum absolute atomic E-state index is 11.9. The van der Waals surface area contributed by atoms with Crippen molar-refractivity contribution in [3.05, 3.63) is 52.0 Å². The van der Waals surface area contributed by atoms with Crippen molar-refractivity contribution < 1.29 is 23.2 Å². The first-order valence-electron chi connectivity index (χ1n) is 8.27. The predicted octanol–water partition coefficient (Wildman–Crippen LogP) is 5.39. The zero-order chi connectivity index (χ0) is 19.3. The van der Waals surface area contributed by atoms with Crippen molar-refractivity contribution in [2.45, 2.75) is 13.8 Å². The maximum Gasteiger partial charge on any atom is 0.288 e. The molecule has 7 nitrogen and oxygen atoms in total. The van der Waals surface area contributed by atoms with E-state index in [-0.39, 0.29) is 5.69 Å². The normalized spacial score (nSPS) is 11.3. The zero-order valence-corrected chi connectivity index (χ0v) is 15.3. The van der Waals surface area contributed by atoms with Crippen LogP contribution < -0.4 is 9.47 Å². The number of hydrogen-bond donors (Lipinski definition) is 0. The van der Waals surface area contributed by atoms with Crippen LogP contribution in [-0.2, 0) is 0 Å². The van der Waals surface area contributed by atoms with Gasteiger partial charge in [0.2, 0.25) is 0 Å². The van der Waals surface area contributed by atoms with Crippen molar-refractivity contribution in [3.8, 4) is 22.8 Å². The first kappa shape index (κ1) is 17.0. The molecule has 4 aromatic rings. The minimum atomic E-state index is -0.400. The quantitative estimate of drug-likeness (QED) is 0.355. The summed E-state index contributed by atoms with van der Waals surface area (Å²) in [5, 5.41) is 13.3. The summed E-state index contributed by atoms with van der Waals surface area (Å²) < 4.78 is 22.4. The molecule has 0 spiro atoms. The van der Waals surface area contributed by atoms with Gasteiger partial charge in [-0.15, -0.1) is 0 Å². The van der Waals surface area contributed by atoms with Gasteiger partial charge in [-0.3, -0.25) is 10.1 Å². The molecule has 0 atom stereocenters. The van der Waals surface area contributed by atoms with Crippen LogP contribution in [0.1, 0.15) is 11.5 Å². The van der Waals surface area contributed by atoms with Gasteiger partial charge in [0.1, 0.15) is 17.3 Å². The predicted molar refractivity (Wildman–Crippen MR) is 101 cm³/mol. The van der Waals surface area contributed by atoms with Gasteiger partial charge in [-0.25, -0.2) is 0 Å². The molecular formula is C20H17NO6. The second kappa shape index (κ2) is 6.05. The van der Waals surface area contributed by atoms with Gasteiger partial charge in [0.25, 0.3) is 5.69 Å². The van der Waals surface area contributed by atoms with Crippen LogP contribution in [-0.4, -0.2) is 19.1 Å². The fourth-order valence-electron chi connectivity index (χ4n) is 3.44. The molecule has 7 heteroatoms. The topological polar surface area (TPSA) is 87.9 Å². The van der Waals surface area contributed by atoms with Crippen LogP contribution >= 0.6 is 0 Å². The Labute approximate surface area is 154 Å². The van der Waals surface area contributed by atoms with Gasteiger partial charge in [0, 0.05) is 5.39 Å². The lowest BCUT2D eigenvalue weighted by Gasteiger charge is -2.12. The highest BCUT2D eigenvalue weighted by atomic mass is 16.6. The summed E-state index contributed by atoms with van der Waals surface area (Å²) in [5.41, 5.74) is 1.02.